The van der Waals surface area contributed by atoms with Crippen molar-refractivity contribution in [3.8, 4) is 0 Å². The number of amides is 1. The van der Waals surface area contributed by atoms with Gasteiger partial charge in [-0.1, -0.05) is 17.7 Å². The zero-order chi connectivity index (χ0) is 13.5. The molecule has 2 N–H and O–H groups in total. The largest absolute Gasteiger partial charge is 0.295 e. The molecule has 1 aromatic rings. The number of nitrogens with two attached hydrogens (primary N) is 1. The molecule has 0 radical (unpaired) electrons. The molecule has 1 aliphatic rings. The average Bonchev–Trinajstić information content (AvgIpc) is 2.64. The van der Waals surface area contributed by atoms with Crippen molar-refractivity contribution in [2.45, 2.75) is 18.6 Å². The highest BCUT2D eigenvalue weighted by Gasteiger charge is 2.37. The van der Waals surface area contributed by atoms with E-state index in [1.807, 2.05) is 0 Å². The van der Waals surface area contributed by atoms with Gasteiger partial charge < -0.3 is 0 Å². The lowest BCUT2D eigenvalue weighted by Gasteiger charge is -2.15. The third-order valence-corrected chi connectivity index (χ3v) is 4.48. The lowest BCUT2D eigenvalue weighted by molar-refractivity contribution is -0.117. The van der Waals surface area contributed by atoms with Crippen molar-refractivity contribution in [3.63, 3.8) is 0 Å². The monoisotopic (exact) mass is 289 g/mol. The predicted molar refractivity (Wildman–Crippen MR) is 67.8 cm³/mol. The highest BCUT2D eigenvalue weighted by Crippen LogP contribution is 2.24. The summed E-state index contributed by atoms with van der Waals surface area (Å²) in [4.78, 5) is 17.1. The number of aryl methyl sites for hydroxylation is 1. The number of primary sulfonamides is 1. The molecule has 1 aliphatic heterocycles. The number of nitrogens with zero attached hydrogens (tertiary/aromatic N) is 2. The first-order chi connectivity index (χ1) is 8.29. The average molecular weight is 290 g/mol. The summed E-state index contributed by atoms with van der Waals surface area (Å²) in [7, 11) is -3.72. The number of hydrogen-bond donors (Lipinski definition) is 1. The van der Waals surface area contributed by atoms with E-state index in [0.717, 1.165) is 5.56 Å². The summed E-state index contributed by atoms with van der Waals surface area (Å²) < 4.78 is 22.5. The van der Waals surface area contributed by atoms with Gasteiger partial charge in [-0.15, -0.1) is 0 Å². The first-order valence-electron chi connectivity index (χ1n) is 5.24. The summed E-state index contributed by atoms with van der Waals surface area (Å²) in [6.45, 7) is 1.81. The summed E-state index contributed by atoms with van der Waals surface area (Å²) in [6.07, 6.45) is -0.119. The van der Waals surface area contributed by atoms with E-state index in [1.54, 1.807) is 19.1 Å². The summed E-state index contributed by atoms with van der Waals surface area (Å²) >= 11 is 5.87. The molecule has 1 atom stereocenters. The summed E-state index contributed by atoms with van der Waals surface area (Å²) in [6, 6.07) is 3.35. The molecule has 0 saturated carbocycles. The first-order valence-corrected chi connectivity index (χ1v) is 7.23. The molecule has 6 nitrogen and oxygen atoms in total. The van der Waals surface area contributed by atoms with Gasteiger partial charge in [0.25, 0.3) is 0 Å². The topological polar surface area (TPSA) is 93.4 Å². The van der Waals surface area contributed by atoms with Gasteiger partial charge in [0.2, 0.25) is 15.9 Å². The van der Waals surface area contributed by atoms with Crippen LogP contribution in [0.4, 0.5) is 5.82 Å². The van der Waals surface area contributed by atoms with Crippen molar-refractivity contribution in [3.05, 3.63) is 22.8 Å². The second-order valence-electron chi connectivity index (χ2n) is 4.20. The second kappa shape index (κ2) is 4.49. The summed E-state index contributed by atoms with van der Waals surface area (Å²) in [5.74, 6) is 0.0307. The van der Waals surface area contributed by atoms with E-state index in [4.69, 9.17) is 16.7 Å². The Hall–Kier alpha value is -1.18. The molecule has 98 valence electrons. The zero-order valence-corrected chi connectivity index (χ0v) is 11.2. The van der Waals surface area contributed by atoms with Crippen LogP contribution in [-0.4, -0.2) is 31.1 Å². The minimum atomic E-state index is -3.72. The smallest absolute Gasteiger partial charge is 0.229 e. The van der Waals surface area contributed by atoms with Crippen LogP contribution in [0.5, 0.6) is 0 Å². The first kappa shape index (κ1) is 13.3. The van der Waals surface area contributed by atoms with Gasteiger partial charge in [0.15, 0.2) is 0 Å². The van der Waals surface area contributed by atoms with Gasteiger partial charge >= 0.3 is 0 Å². The van der Waals surface area contributed by atoms with E-state index in [-0.39, 0.29) is 18.9 Å². The number of anilines is 1. The maximum absolute atomic E-state index is 11.8. The van der Waals surface area contributed by atoms with Crippen LogP contribution in [-0.2, 0) is 14.8 Å². The second-order valence-corrected chi connectivity index (χ2v) is 6.40. The van der Waals surface area contributed by atoms with Crippen molar-refractivity contribution in [2.75, 3.05) is 11.4 Å². The summed E-state index contributed by atoms with van der Waals surface area (Å²) in [5.41, 5.74) is 0.787. The minimum Gasteiger partial charge on any atom is -0.295 e. The highest BCUT2D eigenvalue weighted by molar-refractivity contribution is 7.89. The van der Waals surface area contributed by atoms with Gasteiger partial charge in [-0.25, -0.2) is 18.5 Å². The molecule has 0 aliphatic carbocycles. The number of halogens is 1. The van der Waals surface area contributed by atoms with Crippen molar-refractivity contribution in [1.29, 1.82) is 0 Å². The number of pyridine rings is 1. The molecule has 0 aromatic carbocycles. The van der Waals surface area contributed by atoms with E-state index in [0.29, 0.717) is 11.0 Å². The number of carbonyl (C=O) groups excluding carboxylic acids is 1. The molecule has 2 rings (SSSR count). The van der Waals surface area contributed by atoms with Crippen LogP contribution in [0.2, 0.25) is 5.15 Å². The van der Waals surface area contributed by atoms with Crippen LogP contribution in [0.3, 0.4) is 0 Å². The number of aromatic nitrogens is 1. The van der Waals surface area contributed by atoms with E-state index < -0.39 is 15.3 Å². The Morgan fingerprint density at radius 1 is 1.50 bits per heavy atom. The highest BCUT2D eigenvalue weighted by atomic mass is 35.5. The third-order valence-electron chi connectivity index (χ3n) is 2.85. The van der Waals surface area contributed by atoms with E-state index in [2.05, 4.69) is 4.98 Å². The maximum Gasteiger partial charge on any atom is 0.229 e. The van der Waals surface area contributed by atoms with Gasteiger partial charge in [0.05, 0.1) is 0 Å². The molecule has 0 spiro atoms. The lowest BCUT2D eigenvalue weighted by Crippen LogP contribution is -2.32. The van der Waals surface area contributed by atoms with Crippen LogP contribution < -0.4 is 10.0 Å². The van der Waals surface area contributed by atoms with Crippen molar-refractivity contribution < 1.29 is 13.2 Å². The quantitative estimate of drug-likeness (QED) is 0.799. The Morgan fingerprint density at radius 3 is 2.67 bits per heavy atom. The van der Waals surface area contributed by atoms with Crippen LogP contribution in [0.15, 0.2) is 12.1 Å². The number of sulfonamides is 1. The van der Waals surface area contributed by atoms with Crippen LogP contribution in [0, 0.1) is 6.92 Å². The van der Waals surface area contributed by atoms with E-state index in [1.165, 1.54) is 4.90 Å². The maximum atomic E-state index is 11.8. The molecule has 1 unspecified atom stereocenters. The molecule has 1 aromatic heterocycles. The summed E-state index contributed by atoms with van der Waals surface area (Å²) in [5, 5.41) is 4.45. The number of rotatable bonds is 2. The molecular formula is C10H12ClN3O3S. The predicted octanol–water partition coefficient (Wildman–Crippen LogP) is 0.437. The third kappa shape index (κ3) is 2.47. The van der Waals surface area contributed by atoms with Crippen molar-refractivity contribution in [2.24, 2.45) is 5.14 Å². The van der Waals surface area contributed by atoms with Crippen LogP contribution in [0.1, 0.15) is 12.0 Å². The van der Waals surface area contributed by atoms with Crippen molar-refractivity contribution in [1.82, 2.24) is 4.98 Å². The molecule has 0 bridgehead atoms. The Bertz CT molecular complexity index is 602. The van der Waals surface area contributed by atoms with Crippen molar-refractivity contribution >= 4 is 33.3 Å². The molecular weight excluding hydrogens is 278 g/mol. The van der Waals surface area contributed by atoms with Gasteiger partial charge in [0, 0.05) is 13.0 Å². The van der Waals surface area contributed by atoms with Crippen LogP contribution in [0.25, 0.3) is 0 Å². The Labute approximate surface area is 110 Å². The Morgan fingerprint density at radius 2 is 2.17 bits per heavy atom. The van der Waals surface area contributed by atoms with Gasteiger partial charge in [-0.3, -0.25) is 9.69 Å². The molecule has 18 heavy (non-hydrogen) atoms. The fourth-order valence-electron chi connectivity index (χ4n) is 1.76. The standard InChI is InChI=1S/C10H12ClN3O3S/c1-6-2-3-8(13-10(6)11)14-5-7(4-9(14)15)18(12,16)17/h2-3,7H,4-5H2,1H3,(H2,12,16,17). The van der Waals surface area contributed by atoms with Gasteiger partial charge in [-0.2, -0.15) is 0 Å². The minimum absolute atomic E-state index is 0.0179. The van der Waals surface area contributed by atoms with Gasteiger partial charge in [-0.05, 0) is 18.6 Å². The van der Waals surface area contributed by atoms with Gasteiger partial charge in [0.1, 0.15) is 16.2 Å². The molecule has 1 saturated heterocycles. The fraction of sp³-hybridized carbons (Fsp3) is 0.400. The van der Waals surface area contributed by atoms with E-state index in [9.17, 15) is 13.2 Å². The molecule has 1 amide bonds. The lowest BCUT2D eigenvalue weighted by atomic mass is 10.3. The SMILES string of the molecule is Cc1ccc(N2CC(S(N)(=O)=O)CC2=O)nc1Cl. The Balaban J connectivity index is 2.30. The zero-order valence-electron chi connectivity index (χ0n) is 9.63. The fourth-order valence-corrected chi connectivity index (χ4v) is 2.64. The Kier molecular flexibility index (Phi) is 3.31. The number of hydrogen-bond acceptors (Lipinski definition) is 4. The molecule has 1 fully saturated rings. The molecule has 8 heteroatoms. The van der Waals surface area contributed by atoms with Crippen LogP contribution >= 0.6 is 11.6 Å². The number of carbonyl (C=O) groups is 1. The van der Waals surface area contributed by atoms with E-state index >= 15 is 0 Å². The molecule has 2 heterocycles. The normalized spacial score (nSPS) is 20.5.